The molecule has 0 amide bonds. The number of hydrogen-bond acceptors (Lipinski definition) is 0. The second-order valence-electron chi connectivity index (χ2n) is 11.4. The first-order chi connectivity index (χ1) is 18.8. The van der Waals surface area contributed by atoms with Crippen molar-refractivity contribution in [2.45, 2.75) is 87.4 Å². The Morgan fingerprint density at radius 1 is 0.526 bits per heavy atom. The van der Waals surface area contributed by atoms with Crippen LogP contribution in [0, 0.1) is 0 Å². The Kier molecular flexibility index (Phi) is 8.61. The van der Waals surface area contributed by atoms with E-state index in [0.29, 0.717) is 11.8 Å². The first-order valence-electron chi connectivity index (χ1n) is 14.7. The van der Waals surface area contributed by atoms with Crippen molar-refractivity contribution in [1.29, 1.82) is 0 Å². The lowest BCUT2D eigenvalue weighted by Crippen LogP contribution is -2.31. The summed E-state index contributed by atoms with van der Waals surface area (Å²) in [5.41, 5.74) is 11.4. The van der Waals surface area contributed by atoms with Crippen LogP contribution in [-0.2, 0) is 0 Å². The molecule has 2 bridgehead atoms. The minimum absolute atomic E-state index is 0.162. The average Bonchev–Trinajstić information content (AvgIpc) is 2.99. The highest BCUT2D eigenvalue weighted by atomic mass is 35.5. The lowest BCUT2D eigenvalue weighted by Gasteiger charge is -2.50. The fourth-order valence-corrected chi connectivity index (χ4v) is 12.3. The Hall–Kier alpha value is -1.59. The smallest absolute Gasteiger partial charge is 0.0967 e. The lowest BCUT2D eigenvalue weighted by atomic mass is 9.63. The first kappa shape index (κ1) is 26.6. The maximum absolute atomic E-state index is 4.76. The van der Waals surface area contributed by atoms with Gasteiger partial charge in [0.25, 0.3) is 0 Å². The molecule has 3 aromatic carbocycles. The van der Waals surface area contributed by atoms with E-state index >= 15 is 0 Å². The van der Waals surface area contributed by atoms with Crippen LogP contribution in [-0.4, -0.2) is 16.7 Å². The van der Waals surface area contributed by atoms with Crippen molar-refractivity contribution in [3.8, 4) is 0 Å². The molecule has 5 aliphatic rings. The molecular formula is C35H39Cl2P. The van der Waals surface area contributed by atoms with E-state index in [0.717, 1.165) is 11.3 Å². The Morgan fingerprint density at radius 3 is 1.37 bits per heavy atom. The van der Waals surface area contributed by atoms with E-state index in [9.17, 15) is 0 Å². The van der Waals surface area contributed by atoms with Crippen molar-refractivity contribution in [2.75, 3.05) is 5.34 Å². The van der Waals surface area contributed by atoms with Crippen LogP contribution in [0.3, 0.4) is 0 Å². The molecule has 0 aromatic heterocycles. The number of allylic oxidation sites excluding steroid dienone is 2. The Labute approximate surface area is 240 Å². The van der Waals surface area contributed by atoms with E-state index in [-0.39, 0.29) is 13.3 Å². The van der Waals surface area contributed by atoms with Gasteiger partial charge in [-0.2, -0.15) is 0 Å². The summed E-state index contributed by atoms with van der Waals surface area (Å²) in [6.45, 7) is 0. The van der Waals surface area contributed by atoms with Gasteiger partial charge in [0, 0.05) is 11.8 Å². The van der Waals surface area contributed by atoms with E-state index < -0.39 is 0 Å². The van der Waals surface area contributed by atoms with Gasteiger partial charge in [0.1, 0.15) is 0 Å². The quantitative estimate of drug-likeness (QED) is 0.220. The monoisotopic (exact) mass is 560 g/mol. The highest BCUT2D eigenvalue weighted by molar-refractivity contribution is 7.64. The van der Waals surface area contributed by atoms with Crippen molar-refractivity contribution in [2.24, 2.45) is 0 Å². The van der Waals surface area contributed by atoms with Crippen LogP contribution in [0.5, 0.6) is 0 Å². The molecule has 0 saturated heterocycles. The van der Waals surface area contributed by atoms with Crippen LogP contribution in [0.4, 0.5) is 0 Å². The summed E-state index contributed by atoms with van der Waals surface area (Å²) >= 11 is 9.53. The first-order valence-corrected chi connectivity index (χ1v) is 17.3. The summed E-state index contributed by atoms with van der Waals surface area (Å²) in [5.74, 6) is 0.847. The van der Waals surface area contributed by atoms with Crippen LogP contribution in [0.2, 0.25) is 0 Å². The third-order valence-electron chi connectivity index (χ3n) is 9.37. The molecule has 2 saturated carbocycles. The van der Waals surface area contributed by atoms with E-state index in [2.05, 4.69) is 78.9 Å². The zero-order chi connectivity index (χ0) is 25.9. The van der Waals surface area contributed by atoms with Gasteiger partial charge in [-0.1, -0.05) is 125 Å². The second-order valence-corrected chi connectivity index (χ2v) is 14.9. The van der Waals surface area contributed by atoms with Gasteiger partial charge in [0.15, 0.2) is 0 Å². The molecular weight excluding hydrogens is 522 g/mol. The number of rotatable bonds is 4. The molecule has 2 fully saturated rings. The molecule has 0 unspecified atom stereocenters. The fraction of sp³-hybridized carbons (Fsp3) is 0.429. The predicted molar refractivity (Wildman–Crippen MR) is 167 cm³/mol. The SMILES string of the molecule is ClCCl.c1ccc(C2=C(P(C3CCCCC3)C3CCCCC3)C3c4ccccc4C2c2ccccc23)cc1. The minimum Gasteiger partial charge on any atom is -0.109 e. The molecule has 0 atom stereocenters. The van der Waals surface area contributed by atoms with Crippen LogP contribution < -0.4 is 0 Å². The largest absolute Gasteiger partial charge is 0.109 e. The summed E-state index contributed by atoms with van der Waals surface area (Å²) in [6, 6.07) is 30.5. The lowest BCUT2D eigenvalue weighted by molar-refractivity contribution is 0.485. The van der Waals surface area contributed by atoms with E-state index in [1.54, 1.807) is 27.8 Å². The van der Waals surface area contributed by atoms with Gasteiger partial charge in [0.2, 0.25) is 0 Å². The molecule has 0 N–H and O–H groups in total. The van der Waals surface area contributed by atoms with E-state index in [4.69, 9.17) is 23.2 Å². The highest BCUT2D eigenvalue weighted by Gasteiger charge is 2.48. The average molecular weight is 562 g/mol. The van der Waals surface area contributed by atoms with Gasteiger partial charge in [-0.25, -0.2) is 0 Å². The highest BCUT2D eigenvalue weighted by Crippen LogP contribution is 2.72. The Morgan fingerprint density at radius 2 is 0.921 bits per heavy atom. The molecule has 8 rings (SSSR count). The van der Waals surface area contributed by atoms with Gasteiger partial charge in [-0.05, 0) is 75.7 Å². The fourth-order valence-electron chi connectivity index (χ4n) is 7.95. The summed E-state index contributed by atoms with van der Waals surface area (Å²) in [5, 5.41) is 2.09. The van der Waals surface area contributed by atoms with Crippen LogP contribution in [0.15, 0.2) is 84.2 Å². The van der Waals surface area contributed by atoms with Gasteiger partial charge in [-0.3, -0.25) is 0 Å². The topological polar surface area (TPSA) is 0 Å². The van der Waals surface area contributed by atoms with Crippen molar-refractivity contribution < 1.29 is 0 Å². The van der Waals surface area contributed by atoms with Crippen LogP contribution in [0.1, 0.15) is 104 Å². The number of benzene rings is 3. The van der Waals surface area contributed by atoms with Crippen molar-refractivity contribution in [3.05, 3.63) is 112 Å². The van der Waals surface area contributed by atoms with E-state index in [1.807, 2.05) is 5.31 Å². The molecule has 38 heavy (non-hydrogen) atoms. The van der Waals surface area contributed by atoms with Crippen LogP contribution >= 0.6 is 31.1 Å². The summed E-state index contributed by atoms with van der Waals surface area (Å²) in [4.78, 5) is 0. The predicted octanol–water partition coefficient (Wildman–Crippen LogP) is 11.3. The number of alkyl halides is 2. The zero-order valence-electron chi connectivity index (χ0n) is 22.3. The number of hydrogen-bond donors (Lipinski definition) is 0. The maximum Gasteiger partial charge on any atom is 0.0967 e. The Balaban J connectivity index is 0.000000843. The van der Waals surface area contributed by atoms with Crippen LogP contribution in [0.25, 0.3) is 5.57 Å². The van der Waals surface area contributed by atoms with Crippen molar-refractivity contribution in [1.82, 2.24) is 0 Å². The minimum atomic E-state index is -0.162. The normalized spacial score (nSPS) is 23.0. The molecule has 0 heterocycles. The van der Waals surface area contributed by atoms with E-state index in [1.165, 1.54) is 69.8 Å². The standard InChI is InChI=1S/C34H37P.CH2Cl2/c1-4-14-24(15-5-1)31-32-27-20-10-12-22-29(27)33(30-23-13-11-21-28(30)32)34(31)35(25-16-6-2-7-17-25)26-18-8-3-9-19-26;2-1-3/h1,4-5,10-15,20-23,25-26,32-33H,2-3,6-9,16-19H2;1H2. The maximum atomic E-state index is 4.76. The molecule has 0 spiro atoms. The molecule has 3 aromatic rings. The van der Waals surface area contributed by atoms with Gasteiger partial charge in [0.05, 0.1) is 5.34 Å². The molecule has 0 radical (unpaired) electrons. The second kappa shape index (κ2) is 12.3. The molecule has 0 nitrogen and oxygen atoms in total. The third-order valence-corrected chi connectivity index (χ3v) is 13.0. The van der Waals surface area contributed by atoms with Crippen molar-refractivity contribution >= 4 is 36.7 Å². The third kappa shape index (κ3) is 4.91. The molecule has 0 aliphatic heterocycles. The summed E-state index contributed by atoms with van der Waals surface area (Å²) in [6.07, 6.45) is 14.6. The summed E-state index contributed by atoms with van der Waals surface area (Å²) in [7, 11) is -0.162. The molecule has 5 aliphatic carbocycles. The van der Waals surface area contributed by atoms with Gasteiger partial charge < -0.3 is 0 Å². The zero-order valence-corrected chi connectivity index (χ0v) is 24.7. The molecule has 198 valence electrons. The van der Waals surface area contributed by atoms with Crippen molar-refractivity contribution in [3.63, 3.8) is 0 Å². The Bertz CT molecular complexity index is 1190. The number of halogens is 2. The van der Waals surface area contributed by atoms with Gasteiger partial charge >= 0.3 is 0 Å². The molecule has 3 heteroatoms. The summed E-state index contributed by atoms with van der Waals surface area (Å²) < 4.78 is 0. The van der Waals surface area contributed by atoms with Gasteiger partial charge in [-0.15, -0.1) is 23.2 Å².